The van der Waals surface area contributed by atoms with Crippen LogP contribution >= 0.6 is 11.3 Å². The van der Waals surface area contributed by atoms with Crippen molar-refractivity contribution in [1.82, 2.24) is 5.32 Å². The molecule has 0 saturated heterocycles. The molecule has 1 amide bonds. The van der Waals surface area contributed by atoms with E-state index in [9.17, 15) is 18.8 Å². The van der Waals surface area contributed by atoms with Gasteiger partial charge in [0.15, 0.2) is 6.10 Å². The highest BCUT2D eigenvalue weighted by Crippen LogP contribution is 2.19. The normalized spacial score (nSPS) is 11.5. The van der Waals surface area contributed by atoms with E-state index in [2.05, 4.69) is 5.32 Å². The number of halogens is 1. The summed E-state index contributed by atoms with van der Waals surface area (Å²) >= 11 is 1.28. The first-order chi connectivity index (χ1) is 14.0. The van der Waals surface area contributed by atoms with E-state index in [1.54, 1.807) is 47.8 Å². The molecule has 3 aromatic rings. The highest BCUT2D eigenvalue weighted by molar-refractivity contribution is 7.12. The summed E-state index contributed by atoms with van der Waals surface area (Å²) in [6.07, 6.45) is -1.06. The van der Waals surface area contributed by atoms with Crippen molar-refractivity contribution in [3.8, 4) is 0 Å². The predicted octanol–water partition coefficient (Wildman–Crippen LogP) is 3.98. The van der Waals surface area contributed by atoms with E-state index in [0.717, 1.165) is 0 Å². The number of carbonyl (C=O) groups is 3. The molecule has 29 heavy (non-hydrogen) atoms. The number of ketones is 1. The Bertz CT molecular complexity index is 1020. The van der Waals surface area contributed by atoms with Crippen molar-refractivity contribution < 1.29 is 23.5 Å². The Hall–Kier alpha value is -3.32. The van der Waals surface area contributed by atoms with Gasteiger partial charge in [0, 0.05) is 12.1 Å². The summed E-state index contributed by atoms with van der Waals surface area (Å²) < 4.78 is 18.2. The Morgan fingerprint density at radius 1 is 1.00 bits per heavy atom. The summed E-state index contributed by atoms with van der Waals surface area (Å²) in [4.78, 5) is 37.9. The van der Waals surface area contributed by atoms with Crippen LogP contribution in [-0.4, -0.2) is 23.8 Å². The van der Waals surface area contributed by atoms with Gasteiger partial charge in [0.1, 0.15) is 5.82 Å². The van der Waals surface area contributed by atoms with Crippen LogP contribution in [-0.2, 0) is 16.1 Å². The molecule has 0 radical (unpaired) electrons. The molecule has 3 rings (SSSR count). The lowest BCUT2D eigenvalue weighted by Crippen LogP contribution is -2.35. The molecule has 5 nitrogen and oxygen atoms in total. The summed E-state index contributed by atoms with van der Waals surface area (Å²) in [7, 11) is 0. The Labute approximate surface area is 171 Å². The molecule has 0 unspecified atom stereocenters. The fourth-order valence-corrected chi connectivity index (χ4v) is 3.29. The first kappa shape index (κ1) is 20.4. The SMILES string of the molecule is C[C@H](OC(=O)c1ccccc1C(=O)c1cccs1)C(=O)NCc1ccc(F)cc1. The summed E-state index contributed by atoms with van der Waals surface area (Å²) in [6, 6.07) is 15.5. The molecule has 1 atom stereocenters. The van der Waals surface area contributed by atoms with Gasteiger partial charge in [-0.3, -0.25) is 9.59 Å². The zero-order chi connectivity index (χ0) is 20.8. The Morgan fingerprint density at radius 2 is 1.69 bits per heavy atom. The van der Waals surface area contributed by atoms with Crippen LogP contribution in [0.2, 0.25) is 0 Å². The number of thiophene rings is 1. The largest absolute Gasteiger partial charge is 0.449 e. The summed E-state index contributed by atoms with van der Waals surface area (Å²) in [5.74, 6) is -1.89. The maximum Gasteiger partial charge on any atom is 0.339 e. The molecule has 1 aromatic heterocycles. The second-order valence-electron chi connectivity index (χ2n) is 6.24. The maximum absolute atomic E-state index is 12.9. The van der Waals surface area contributed by atoms with Gasteiger partial charge >= 0.3 is 5.97 Å². The van der Waals surface area contributed by atoms with Crippen LogP contribution < -0.4 is 5.32 Å². The number of rotatable bonds is 7. The fraction of sp³-hybridized carbons (Fsp3) is 0.136. The molecule has 0 bridgehead atoms. The number of esters is 1. The summed E-state index contributed by atoms with van der Waals surface area (Å²) in [5.41, 5.74) is 1.04. The number of amides is 1. The molecular formula is C22H18FNO4S. The molecule has 0 aliphatic rings. The van der Waals surface area contributed by atoms with Gasteiger partial charge < -0.3 is 10.1 Å². The lowest BCUT2D eigenvalue weighted by molar-refractivity contribution is -0.129. The van der Waals surface area contributed by atoms with Crippen molar-refractivity contribution in [1.29, 1.82) is 0 Å². The summed E-state index contributed by atoms with van der Waals surface area (Å²) in [5, 5.41) is 4.41. The van der Waals surface area contributed by atoms with Gasteiger partial charge in [-0.05, 0) is 42.1 Å². The zero-order valence-electron chi connectivity index (χ0n) is 15.6. The molecule has 0 spiro atoms. The maximum atomic E-state index is 12.9. The number of ether oxygens (including phenoxy) is 1. The van der Waals surface area contributed by atoms with Crippen molar-refractivity contribution in [3.63, 3.8) is 0 Å². The highest BCUT2D eigenvalue weighted by atomic mass is 32.1. The van der Waals surface area contributed by atoms with Gasteiger partial charge in [0.2, 0.25) is 5.78 Å². The van der Waals surface area contributed by atoms with Crippen LogP contribution in [0.5, 0.6) is 0 Å². The first-order valence-electron chi connectivity index (χ1n) is 8.86. The highest BCUT2D eigenvalue weighted by Gasteiger charge is 2.23. The molecular weight excluding hydrogens is 393 g/mol. The number of nitrogens with one attached hydrogen (secondary N) is 1. The minimum absolute atomic E-state index is 0.101. The van der Waals surface area contributed by atoms with Crippen LogP contribution in [0, 0.1) is 5.82 Å². The standard InChI is InChI=1S/C22H18FNO4S/c1-14(21(26)24-13-15-8-10-16(23)11-9-15)28-22(27)18-6-3-2-5-17(18)20(25)19-7-4-12-29-19/h2-12,14H,13H2,1H3,(H,24,26)/t14-/m0/s1. The third kappa shape index (κ3) is 5.14. The molecule has 1 N–H and O–H groups in total. The van der Waals surface area contributed by atoms with Gasteiger partial charge in [-0.15, -0.1) is 11.3 Å². The van der Waals surface area contributed by atoms with E-state index in [4.69, 9.17) is 4.74 Å². The molecule has 0 fully saturated rings. The Kier molecular flexibility index (Phi) is 6.51. The van der Waals surface area contributed by atoms with E-state index >= 15 is 0 Å². The molecule has 0 saturated carbocycles. The van der Waals surface area contributed by atoms with Crippen molar-refractivity contribution in [3.05, 3.63) is 93.4 Å². The molecule has 7 heteroatoms. The zero-order valence-corrected chi connectivity index (χ0v) is 16.4. The van der Waals surface area contributed by atoms with Gasteiger partial charge in [-0.2, -0.15) is 0 Å². The van der Waals surface area contributed by atoms with Gasteiger partial charge in [-0.25, -0.2) is 9.18 Å². The van der Waals surface area contributed by atoms with Crippen molar-refractivity contribution in [2.45, 2.75) is 19.6 Å². The van der Waals surface area contributed by atoms with Crippen LogP contribution in [0.3, 0.4) is 0 Å². The van der Waals surface area contributed by atoms with E-state index < -0.39 is 18.0 Å². The number of benzene rings is 2. The molecule has 0 aliphatic heterocycles. The minimum Gasteiger partial charge on any atom is -0.449 e. The third-order valence-electron chi connectivity index (χ3n) is 4.17. The van der Waals surface area contributed by atoms with Crippen LogP contribution in [0.15, 0.2) is 66.0 Å². The van der Waals surface area contributed by atoms with Crippen molar-refractivity contribution >= 4 is 29.0 Å². The fourth-order valence-electron chi connectivity index (χ4n) is 2.61. The van der Waals surface area contributed by atoms with Gasteiger partial charge in [-0.1, -0.05) is 36.4 Å². The van der Waals surface area contributed by atoms with E-state index in [1.807, 2.05) is 0 Å². The molecule has 0 aliphatic carbocycles. The van der Waals surface area contributed by atoms with E-state index in [-0.39, 0.29) is 29.3 Å². The first-order valence-corrected chi connectivity index (χ1v) is 9.74. The molecule has 1 heterocycles. The third-order valence-corrected chi connectivity index (χ3v) is 5.04. The quantitative estimate of drug-likeness (QED) is 0.472. The van der Waals surface area contributed by atoms with Crippen LogP contribution in [0.4, 0.5) is 4.39 Å². The Balaban J connectivity index is 1.64. The molecule has 2 aromatic carbocycles. The van der Waals surface area contributed by atoms with Crippen molar-refractivity contribution in [2.75, 3.05) is 0 Å². The number of carbonyl (C=O) groups excluding carboxylic acids is 3. The second-order valence-corrected chi connectivity index (χ2v) is 7.19. The van der Waals surface area contributed by atoms with Crippen LogP contribution in [0.25, 0.3) is 0 Å². The van der Waals surface area contributed by atoms with Gasteiger partial charge in [0.05, 0.1) is 10.4 Å². The lowest BCUT2D eigenvalue weighted by atomic mass is 10.0. The van der Waals surface area contributed by atoms with Crippen molar-refractivity contribution in [2.24, 2.45) is 0 Å². The van der Waals surface area contributed by atoms with Gasteiger partial charge in [0.25, 0.3) is 5.91 Å². The smallest absolute Gasteiger partial charge is 0.339 e. The van der Waals surface area contributed by atoms with Crippen LogP contribution in [0.1, 0.15) is 38.1 Å². The van der Waals surface area contributed by atoms with E-state index in [0.29, 0.717) is 10.4 Å². The topological polar surface area (TPSA) is 72.5 Å². The minimum atomic E-state index is -1.06. The monoisotopic (exact) mass is 411 g/mol. The lowest BCUT2D eigenvalue weighted by Gasteiger charge is -2.15. The second kappa shape index (κ2) is 9.25. The average molecular weight is 411 g/mol. The predicted molar refractivity (Wildman–Crippen MR) is 107 cm³/mol. The summed E-state index contributed by atoms with van der Waals surface area (Å²) in [6.45, 7) is 1.62. The van der Waals surface area contributed by atoms with E-state index in [1.165, 1.54) is 36.5 Å². The molecule has 148 valence electrons. The average Bonchev–Trinajstić information content (AvgIpc) is 3.27. The number of hydrogen-bond donors (Lipinski definition) is 1. The number of hydrogen-bond acceptors (Lipinski definition) is 5. The Morgan fingerprint density at radius 3 is 2.34 bits per heavy atom.